The SMILES string of the molecule is COc1cc2cc(-c3cc(OC)c(OC)c(-c4cc(-c5ccc(F)cc5)cc(-c5ccc(F)cc5)c4)c3)c[n+](C)c2cc1OC. The highest BCUT2D eigenvalue weighted by molar-refractivity contribution is 5.89. The lowest BCUT2D eigenvalue weighted by Crippen LogP contribution is -2.28. The van der Waals surface area contributed by atoms with E-state index in [-0.39, 0.29) is 11.6 Å². The molecule has 45 heavy (non-hydrogen) atoms. The monoisotopic (exact) mass is 604 g/mol. The van der Waals surface area contributed by atoms with Crippen LogP contribution in [0.1, 0.15) is 0 Å². The predicted molar refractivity (Wildman–Crippen MR) is 173 cm³/mol. The van der Waals surface area contributed by atoms with Crippen LogP contribution in [-0.4, -0.2) is 28.4 Å². The number of halogens is 2. The van der Waals surface area contributed by atoms with Crippen LogP contribution in [0.3, 0.4) is 0 Å². The first kappa shape index (κ1) is 29.6. The summed E-state index contributed by atoms with van der Waals surface area (Å²) in [7, 11) is 8.45. The molecule has 0 N–H and O–H groups in total. The molecule has 0 bridgehead atoms. The maximum absolute atomic E-state index is 13.8. The number of methoxy groups -OCH3 is 4. The first-order valence-electron chi connectivity index (χ1n) is 14.3. The number of ether oxygens (including phenoxy) is 4. The van der Waals surface area contributed by atoms with Crippen LogP contribution in [0.4, 0.5) is 8.78 Å². The van der Waals surface area contributed by atoms with Gasteiger partial charge in [-0.1, -0.05) is 24.3 Å². The van der Waals surface area contributed by atoms with Crippen LogP contribution in [0.25, 0.3) is 55.4 Å². The zero-order valence-corrected chi connectivity index (χ0v) is 25.7. The van der Waals surface area contributed by atoms with Crippen LogP contribution in [0.5, 0.6) is 23.0 Å². The minimum atomic E-state index is -0.313. The summed E-state index contributed by atoms with van der Waals surface area (Å²) in [5.74, 6) is 1.80. The van der Waals surface area contributed by atoms with Crippen molar-refractivity contribution >= 4 is 10.9 Å². The van der Waals surface area contributed by atoms with Gasteiger partial charge in [0.15, 0.2) is 29.2 Å². The van der Waals surface area contributed by atoms with Gasteiger partial charge in [0.1, 0.15) is 18.7 Å². The summed E-state index contributed by atoms with van der Waals surface area (Å²) in [5, 5.41) is 0.973. The third-order valence-electron chi connectivity index (χ3n) is 7.97. The second-order valence-electron chi connectivity index (χ2n) is 10.7. The van der Waals surface area contributed by atoms with E-state index in [2.05, 4.69) is 18.3 Å². The van der Waals surface area contributed by atoms with E-state index in [0.29, 0.717) is 23.0 Å². The molecule has 1 aromatic heterocycles. The van der Waals surface area contributed by atoms with Crippen molar-refractivity contribution in [1.29, 1.82) is 0 Å². The van der Waals surface area contributed by atoms with Crippen LogP contribution in [0.15, 0.2) is 103 Å². The Kier molecular flexibility index (Phi) is 8.09. The van der Waals surface area contributed by atoms with Gasteiger partial charge in [-0.05, 0) is 100 Å². The van der Waals surface area contributed by atoms with Gasteiger partial charge in [-0.2, -0.15) is 0 Å². The first-order valence-corrected chi connectivity index (χ1v) is 14.3. The van der Waals surface area contributed by atoms with Gasteiger partial charge < -0.3 is 18.9 Å². The topological polar surface area (TPSA) is 40.8 Å². The van der Waals surface area contributed by atoms with Gasteiger partial charge in [0.25, 0.3) is 0 Å². The van der Waals surface area contributed by atoms with Crippen molar-refractivity contribution in [2.75, 3.05) is 28.4 Å². The molecule has 0 saturated heterocycles. The van der Waals surface area contributed by atoms with Crippen LogP contribution < -0.4 is 23.5 Å². The molecule has 0 fully saturated rings. The fraction of sp³-hybridized carbons (Fsp3) is 0.132. The molecule has 0 radical (unpaired) electrons. The number of rotatable bonds is 8. The Labute approximate surface area is 260 Å². The van der Waals surface area contributed by atoms with Crippen molar-refractivity contribution in [2.24, 2.45) is 7.05 Å². The second-order valence-corrected chi connectivity index (χ2v) is 10.7. The average molecular weight is 605 g/mol. The molecule has 0 unspecified atom stereocenters. The van der Waals surface area contributed by atoms with E-state index < -0.39 is 0 Å². The Hall–Kier alpha value is -5.43. The van der Waals surface area contributed by atoms with Gasteiger partial charge in [-0.3, -0.25) is 0 Å². The Morgan fingerprint density at radius 1 is 0.467 bits per heavy atom. The van der Waals surface area contributed by atoms with E-state index in [1.807, 2.05) is 48.0 Å². The fourth-order valence-corrected chi connectivity index (χ4v) is 5.69. The van der Waals surface area contributed by atoms with E-state index in [0.717, 1.165) is 55.4 Å². The van der Waals surface area contributed by atoms with Crippen molar-refractivity contribution in [3.63, 3.8) is 0 Å². The predicted octanol–water partition coefficient (Wildman–Crippen LogP) is 8.64. The van der Waals surface area contributed by atoms with E-state index in [9.17, 15) is 8.78 Å². The lowest BCUT2D eigenvalue weighted by Gasteiger charge is -2.18. The number of aryl methyl sites for hydroxylation is 1. The normalized spacial score (nSPS) is 11.0. The third kappa shape index (κ3) is 5.77. The highest BCUT2D eigenvalue weighted by Gasteiger charge is 2.20. The average Bonchev–Trinajstić information content (AvgIpc) is 3.07. The summed E-state index contributed by atoms with van der Waals surface area (Å²) < 4.78 is 52.6. The molecule has 6 rings (SSSR count). The van der Waals surface area contributed by atoms with Crippen molar-refractivity contribution in [1.82, 2.24) is 0 Å². The van der Waals surface area contributed by atoms with Crippen LogP contribution >= 0.6 is 0 Å². The van der Waals surface area contributed by atoms with E-state index >= 15 is 0 Å². The third-order valence-corrected chi connectivity index (χ3v) is 7.97. The molecule has 1 heterocycles. The van der Waals surface area contributed by atoms with Crippen LogP contribution in [0, 0.1) is 11.6 Å². The standard InChI is InChI=1S/C38H32F2NO4/c1-41-22-30(17-29-20-35(42-2)36(43-3)21-34(29)41)27-18-33(38(45-5)37(19-27)44-4)28-15-25(23-6-10-31(39)11-7-23)14-26(16-28)24-8-12-32(40)13-9-24/h6-22H,1-5H3/q+1. The molecular weight excluding hydrogens is 572 g/mol. The Bertz CT molecular complexity index is 1960. The Balaban J connectivity index is 1.58. The number of hydrogen-bond acceptors (Lipinski definition) is 4. The summed E-state index contributed by atoms with van der Waals surface area (Å²) in [6, 6.07) is 28.9. The zero-order chi connectivity index (χ0) is 31.7. The number of hydrogen-bond donors (Lipinski definition) is 0. The molecule has 226 valence electrons. The van der Waals surface area contributed by atoms with Crippen molar-refractivity contribution in [2.45, 2.75) is 0 Å². The van der Waals surface area contributed by atoms with E-state index in [4.69, 9.17) is 18.9 Å². The summed E-state index contributed by atoms with van der Waals surface area (Å²) in [6.45, 7) is 0. The number of nitrogens with zero attached hydrogens (tertiary/aromatic N) is 1. The molecule has 0 amide bonds. The molecule has 6 aromatic rings. The van der Waals surface area contributed by atoms with Crippen molar-refractivity contribution in [3.8, 4) is 67.5 Å². The van der Waals surface area contributed by atoms with Crippen LogP contribution in [-0.2, 0) is 7.05 Å². The number of fused-ring (bicyclic) bond motifs is 1. The molecular formula is C38H32F2NO4+. The minimum Gasteiger partial charge on any atom is -0.493 e. The van der Waals surface area contributed by atoms with Gasteiger partial charge in [-0.15, -0.1) is 0 Å². The summed E-state index contributed by atoms with van der Waals surface area (Å²) in [5.41, 5.74) is 7.92. The molecule has 5 aromatic carbocycles. The highest BCUT2D eigenvalue weighted by atomic mass is 19.1. The number of benzene rings is 5. The van der Waals surface area contributed by atoms with Crippen LogP contribution in [0.2, 0.25) is 0 Å². The highest BCUT2D eigenvalue weighted by Crippen LogP contribution is 2.44. The first-order chi connectivity index (χ1) is 21.8. The largest absolute Gasteiger partial charge is 0.493 e. The molecule has 0 aliphatic rings. The molecule has 0 aliphatic carbocycles. The summed E-state index contributed by atoms with van der Waals surface area (Å²) in [4.78, 5) is 0. The molecule has 0 spiro atoms. The number of pyridine rings is 1. The summed E-state index contributed by atoms with van der Waals surface area (Å²) >= 11 is 0. The van der Waals surface area contributed by atoms with Gasteiger partial charge in [0.05, 0.1) is 39.9 Å². The summed E-state index contributed by atoms with van der Waals surface area (Å²) in [6.07, 6.45) is 2.05. The minimum absolute atomic E-state index is 0.313. The molecule has 5 nitrogen and oxygen atoms in total. The maximum Gasteiger partial charge on any atom is 0.216 e. The number of aromatic nitrogens is 1. The van der Waals surface area contributed by atoms with Crippen molar-refractivity contribution in [3.05, 3.63) is 115 Å². The smallest absolute Gasteiger partial charge is 0.216 e. The Morgan fingerprint density at radius 3 is 1.51 bits per heavy atom. The fourth-order valence-electron chi connectivity index (χ4n) is 5.69. The quantitative estimate of drug-likeness (QED) is 0.163. The maximum atomic E-state index is 13.8. The lowest BCUT2D eigenvalue weighted by atomic mass is 9.91. The van der Waals surface area contributed by atoms with Crippen molar-refractivity contribution < 1.29 is 32.3 Å². The molecule has 0 aliphatic heterocycles. The zero-order valence-electron chi connectivity index (χ0n) is 25.7. The van der Waals surface area contributed by atoms with Gasteiger partial charge in [0, 0.05) is 11.1 Å². The molecule has 0 saturated carbocycles. The molecule has 0 atom stereocenters. The lowest BCUT2D eigenvalue weighted by molar-refractivity contribution is -0.644. The van der Waals surface area contributed by atoms with E-state index in [1.165, 1.54) is 24.3 Å². The molecule has 7 heteroatoms. The Morgan fingerprint density at radius 2 is 0.978 bits per heavy atom. The van der Waals surface area contributed by atoms with Gasteiger partial charge in [-0.25, -0.2) is 13.3 Å². The van der Waals surface area contributed by atoms with E-state index in [1.54, 1.807) is 52.7 Å². The van der Waals surface area contributed by atoms with Gasteiger partial charge in [0.2, 0.25) is 5.52 Å². The van der Waals surface area contributed by atoms with Gasteiger partial charge >= 0.3 is 0 Å². The second kappa shape index (κ2) is 12.3.